The zero-order valence-corrected chi connectivity index (χ0v) is 18.2. The minimum Gasteiger partial charge on any atom is -0.480 e. The second-order valence-electron chi connectivity index (χ2n) is 7.44. The number of hydrogen-bond donors (Lipinski definition) is 7. The van der Waals surface area contributed by atoms with Gasteiger partial charge in [0, 0.05) is 6.42 Å². The first-order valence-corrected chi connectivity index (χ1v) is 10.4. The highest BCUT2D eigenvalue weighted by atomic mass is 16.4. The van der Waals surface area contributed by atoms with Crippen molar-refractivity contribution in [3.63, 3.8) is 0 Å². The summed E-state index contributed by atoms with van der Waals surface area (Å²) in [6.45, 7) is 3.57. The molecule has 0 aromatic carbocycles. The second kappa shape index (κ2) is 15.1. The maximum Gasteiger partial charge on any atom is 0.326 e. The summed E-state index contributed by atoms with van der Waals surface area (Å²) in [6.07, 6.45) is 1.78. The minimum atomic E-state index is -1.19. The average molecular weight is 445 g/mol. The fourth-order valence-corrected chi connectivity index (χ4v) is 2.62. The molecule has 4 unspecified atom stereocenters. The highest BCUT2D eigenvalue weighted by Crippen LogP contribution is 2.07. The Morgan fingerprint density at radius 3 is 2.13 bits per heavy atom. The lowest BCUT2D eigenvalue weighted by atomic mass is 9.98. The summed E-state index contributed by atoms with van der Waals surface area (Å²) >= 11 is 0. The van der Waals surface area contributed by atoms with Gasteiger partial charge in [-0.3, -0.25) is 19.2 Å². The molecule has 0 aliphatic carbocycles. The molecule has 0 aliphatic rings. The van der Waals surface area contributed by atoms with Crippen molar-refractivity contribution in [2.45, 2.75) is 70.5 Å². The molecule has 0 fully saturated rings. The number of carboxylic acid groups (broad SMARTS) is 1. The number of amides is 4. The van der Waals surface area contributed by atoms with Crippen molar-refractivity contribution < 1.29 is 29.1 Å². The number of rotatable bonds is 16. The van der Waals surface area contributed by atoms with Crippen LogP contribution >= 0.6 is 0 Å². The van der Waals surface area contributed by atoms with E-state index in [1.54, 1.807) is 6.92 Å². The van der Waals surface area contributed by atoms with E-state index in [2.05, 4.69) is 16.0 Å². The lowest BCUT2D eigenvalue weighted by molar-refractivity contribution is -0.142. The largest absolute Gasteiger partial charge is 0.480 e. The molecule has 0 saturated carbocycles. The maximum atomic E-state index is 12.5. The molecule has 0 spiro atoms. The first kappa shape index (κ1) is 28.3. The van der Waals surface area contributed by atoms with Crippen LogP contribution in [0.4, 0.5) is 0 Å². The molecule has 10 N–H and O–H groups in total. The zero-order valence-electron chi connectivity index (χ0n) is 18.2. The average Bonchev–Trinajstić information content (AvgIpc) is 2.72. The van der Waals surface area contributed by atoms with Crippen molar-refractivity contribution in [3.8, 4) is 0 Å². The molecular weight excluding hydrogens is 408 g/mol. The molecule has 4 atom stereocenters. The van der Waals surface area contributed by atoms with Gasteiger partial charge in [-0.25, -0.2) is 4.79 Å². The SMILES string of the molecule is CCC(C)C(N)C(=O)NC(CCC(N)=O)C(=O)NCC(=O)NC(CCCCN)C(=O)O. The number of hydrogen-bond acceptors (Lipinski definition) is 7. The molecule has 0 aliphatic heterocycles. The van der Waals surface area contributed by atoms with Gasteiger partial charge in [-0.1, -0.05) is 20.3 Å². The summed E-state index contributed by atoms with van der Waals surface area (Å²) < 4.78 is 0. The number of primary amides is 1. The van der Waals surface area contributed by atoms with E-state index in [0.717, 1.165) is 0 Å². The van der Waals surface area contributed by atoms with Crippen LogP contribution in [0.2, 0.25) is 0 Å². The molecule has 178 valence electrons. The van der Waals surface area contributed by atoms with Gasteiger partial charge in [0.1, 0.15) is 12.1 Å². The molecule has 4 amide bonds. The predicted molar refractivity (Wildman–Crippen MR) is 113 cm³/mol. The number of unbranched alkanes of at least 4 members (excludes halogenated alkanes) is 1. The third-order valence-electron chi connectivity index (χ3n) is 4.88. The van der Waals surface area contributed by atoms with E-state index in [0.29, 0.717) is 25.8 Å². The van der Waals surface area contributed by atoms with Gasteiger partial charge in [-0.05, 0) is 38.1 Å². The number of aliphatic carboxylic acids is 1. The second-order valence-corrected chi connectivity index (χ2v) is 7.44. The van der Waals surface area contributed by atoms with E-state index < -0.39 is 54.3 Å². The topological polar surface area (TPSA) is 220 Å². The molecule has 31 heavy (non-hydrogen) atoms. The van der Waals surface area contributed by atoms with E-state index in [9.17, 15) is 29.1 Å². The lowest BCUT2D eigenvalue weighted by Gasteiger charge is -2.23. The van der Waals surface area contributed by atoms with Crippen LogP contribution < -0.4 is 33.2 Å². The van der Waals surface area contributed by atoms with Crippen molar-refractivity contribution >= 4 is 29.6 Å². The molecule has 0 saturated heterocycles. The molecular formula is C19H36N6O6. The van der Waals surface area contributed by atoms with Crippen LogP contribution in [0.5, 0.6) is 0 Å². The van der Waals surface area contributed by atoms with E-state index in [1.807, 2.05) is 6.92 Å². The van der Waals surface area contributed by atoms with Crippen LogP contribution in [-0.4, -0.2) is 65.9 Å². The Morgan fingerprint density at radius 1 is 0.968 bits per heavy atom. The highest BCUT2D eigenvalue weighted by molar-refractivity contribution is 5.93. The molecule has 12 heteroatoms. The Morgan fingerprint density at radius 2 is 1.61 bits per heavy atom. The summed E-state index contributed by atoms with van der Waals surface area (Å²) in [6, 6.07) is -3.07. The third-order valence-corrected chi connectivity index (χ3v) is 4.88. The van der Waals surface area contributed by atoms with Crippen LogP contribution in [0.1, 0.15) is 52.4 Å². The van der Waals surface area contributed by atoms with Crippen LogP contribution in [-0.2, 0) is 24.0 Å². The monoisotopic (exact) mass is 444 g/mol. The van der Waals surface area contributed by atoms with Gasteiger partial charge in [0.2, 0.25) is 23.6 Å². The van der Waals surface area contributed by atoms with Crippen molar-refractivity contribution in [3.05, 3.63) is 0 Å². The fourth-order valence-electron chi connectivity index (χ4n) is 2.62. The van der Waals surface area contributed by atoms with Gasteiger partial charge in [-0.2, -0.15) is 0 Å². The van der Waals surface area contributed by atoms with Gasteiger partial charge >= 0.3 is 5.97 Å². The van der Waals surface area contributed by atoms with Gasteiger partial charge in [0.15, 0.2) is 0 Å². The number of nitrogens with one attached hydrogen (secondary N) is 3. The molecule has 0 heterocycles. The Balaban J connectivity index is 4.89. The smallest absolute Gasteiger partial charge is 0.326 e. The third kappa shape index (κ3) is 11.9. The van der Waals surface area contributed by atoms with E-state index >= 15 is 0 Å². The Bertz CT molecular complexity index is 629. The van der Waals surface area contributed by atoms with E-state index in [1.165, 1.54) is 0 Å². The molecule has 12 nitrogen and oxygen atoms in total. The predicted octanol–water partition coefficient (Wildman–Crippen LogP) is -2.08. The van der Waals surface area contributed by atoms with Gasteiger partial charge in [-0.15, -0.1) is 0 Å². The van der Waals surface area contributed by atoms with Crippen molar-refractivity contribution in [2.24, 2.45) is 23.1 Å². The fraction of sp³-hybridized carbons (Fsp3) is 0.737. The van der Waals surface area contributed by atoms with E-state index in [4.69, 9.17) is 17.2 Å². The normalized spacial score (nSPS) is 14.6. The molecule has 0 bridgehead atoms. The first-order valence-electron chi connectivity index (χ1n) is 10.4. The van der Waals surface area contributed by atoms with Crippen molar-refractivity contribution in [2.75, 3.05) is 13.1 Å². The minimum absolute atomic E-state index is 0.0708. The van der Waals surface area contributed by atoms with Crippen LogP contribution in [0.25, 0.3) is 0 Å². The number of carboxylic acids is 1. The van der Waals surface area contributed by atoms with Crippen molar-refractivity contribution in [1.29, 1.82) is 0 Å². The summed E-state index contributed by atoms with van der Waals surface area (Å²) in [5, 5.41) is 16.3. The van der Waals surface area contributed by atoms with E-state index in [-0.39, 0.29) is 25.2 Å². The van der Waals surface area contributed by atoms with Crippen molar-refractivity contribution in [1.82, 2.24) is 16.0 Å². The Hall–Kier alpha value is -2.73. The zero-order chi connectivity index (χ0) is 24.0. The summed E-state index contributed by atoms with van der Waals surface area (Å²) in [5.74, 6) is -3.95. The number of nitrogens with two attached hydrogens (primary N) is 3. The summed E-state index contributed by atoms with van der Waals surface area (Å²) in [5.41, 5.74) is 16.4. The van der Waals surface area contributed by atoms with Gasteiger partial charge < -0.3 is 38.3 Å². The Labute approximate surface area is 182 Å². The molecule has 0 rings (SSSR count). The lowest BCUT2D eigenvalue weighted by Crippen LogP contribution is -2.54. The number of carbonyl (C=O) groups is 5. The maximum absolute atomic E-state index is 12.5. The summed E-state index contributed by atoms with van der Waals surface area (Å²) in [7, 11) is 0. The molecule has 0 radical (unpaired) electrons. The summed E-state index contributed by atoms with van der Waals surface area (Å²) in [4.78, 5) is 59.1. The number of carbonyl (C=O) groups excluding carboxylic acids is 4. The molecule has 0 aromatic heterocycles. The van der Waals surface area contributed by atoms with Crippen LogP contribution in [0.3, 0.4) is 0 Å². The van der Waals surface area contributed by atoms with Crippen LogP contribution in [0, 0.1) is 5.92 Å². The molecule has 0 aromatic rings. The quantitative estimate of drug-likeness (QED) is 0.131. The standard InChI is InChI=1S/C19H36N6O6/c1-3-11(2)16(22)18(29)25-12(7-8-14(21)26)17(28)23-10-15(27)24-13(19(30)31)6-4-5-9-20/h11-13,16H,3-10,20,22H2,1-2H3,(H2,21,26)(H,23,28)(H,24,27)(H,25,29)(H,30,31). The first-order chi connectivity index (χ1) is 14.5. The Kier molecular flexibility index (Phi) is 13.8. The van der Waals surface area contributed by atoms with Gasteiger partial charge in [0.05, 0.1) is 12.6 Å². The van der Waals surface area contributed by atoms with Crippen LogP contribution in [0.15, 0.2) is 0 Å². The highest BCUT2D eigenvalue weighted by Gasteiger charge is 2.27. The van der Waals surface area contributed by atoms with Gasteiger partial charge in [0.25, 0.3) is 0 Å².